The molecule has 0 radical (unpaired) electrons. The maximum atomic E-state index is 11.9. The van der Waals surface area contributed by atoms with Crippen LogP contribution in [0, 0.1) is 3.57 Å². The lowest BCUT2D eigenvalue weighted by Gasteiger charge is -2.13. The molecule has 2 nitrogen and oxygen atoms in total. The molecule has 0 aromatic heterocycles. The zero-order valence-corrected chi connectivity index (χ0v) is 9.55. The average molecular weight is 354 g/mol. The normalized spacial score (nSPS) is 11.7. The summed E-state index contributed by atoms with van der Waals surface area (Å²) in [5.41, 5.74) is 0. The number of benzene rings is 1. The minimum atomic E-state index is -4.95. The van der Waals surface area contributed by atoms with Crippen molar-refractivity contribution in [2.75, 3.05) is 0 Å². The van der Waals surface area contributed by atoms with Crippen LogP contribution in [0.15, 0.2) is 18.2 Å². The van der Waals surface area contributed by atoms with Crippen molar-refractivity contribution in [3.63, 3.8) is 0 Å². The van der Waals surface area contributed by atoms with Gasteiger partial charge in [0.1, 0.15) is 0 Å². The fourth-order valence-corrected chi connectivity index (χ4v) is 1.34. The van der Waals surface area contributed by atoms with Crippen molar-refractivity contribution >= 4 is 22.6 Å². The molecule has 0 amide bonds. The Kier molecular flexibility index (Phi) is 4.16. The highest BCUT2D eigenvalue weighted by Gasteiger charge is 2.32. The molecule has 90 valence electrons. The summed E-state index contributed by atoms with van der Waals surface area (Å²) in [5.74, 6) is -1.45. The second-order valence-corrected chi connectivity index (χ2v) is 3.76. The third-order valence-corrected chi connectivity index (χ3v) is 2.02. The van der Waals surface area contributed by atoms with E-state index in [-0.39, 0.29) is 0 Å². The Bertz CT molecular complexity index is 366. The quantitative estimate of drug-likeness (QED) is 0.608. The van der Waals surface area contributed by atoms with Crippen LogP contribution in [0.25, 0.3) is 0 Å². The van der Waals surface area contributed by atoms with Crippen molar-refractivity contribution in [3.8, 4) is 11.5 Å². The topological polar surface area (TPSA) is 18.5 Å². The van der Waals surface area contributed by atoms with E-state index in [1.807, 2.05) is 0 Å². The van der Waals surface area contributed by atoms with E-state index in [9.17, 15) is 22.0 Å². The number of alkyl halides is 5. The second-order valence-electron chi connectivity index (χ2n) is 2.52. The molecule has 0 saturated heterocycles. The van der Waals surface area contributed by atoms with Crippen LogP contribution in [0.5, 0.6) is 11.5 Å². The van der Waals surface area contributed by atoms with E-state index in [2.05, 4.69) is 9.47 Å². The molecule has 16 heavy (non-hydrogen) atoms. The molecule has 0 spiro atoms. The van der Waals surface area contributed by atoms with Crippen molar-refractivity contribution in [2.24, 2.45) is 0 Å². The standard InChI is InChI=1S/C8H4F5IO2/c9-7(10)15-6-3-4(14)1-2-5(6)16-8(11,12)13/h1-3,7H. The van der Waals surface area contributed by atoms with E-state index >= 15 is 0 Å². The molecule has 1 aromatic carbocycles. The highest BCUT2D eigenvalue weighted by Crippen LogP contribution is 2.34. The third-order valence-electron chi connectivity index (χ3n) is 1.35. The first-order chi connectivity index (χ1) is 7.28. The van der Waals surface area contributed by atoms with Crippen LogP contribution in [0.1, 0.15) is 0 Å². The van der Waals surface area contributed by atoms with Crippen LogP contribution in [0.4, 0.5) is 22.0 Å². The van der Waals surface area contributed by atoms with Gasteiger partial charge in [0.2, 0.25) is 0 Å². The maximum absolute atomic E-state index is 11.9. The average Bonchev–Trinajstić information content (AvgIpc) is 2.06. The van der Waals surface area contributed by atoms with Gasteiger partial charge in [-0.1, -0.05) is 0 Å². The summed E-state index contributed by atoms with van der Waals surface area (Å²) in [6.07, 6.45) is -4.95. The van der Waals surface area contributed by atoms with Crippen LogP contribution in [0.2, 0.25) is 0 Å². The van der Waals surface area contributed by atoms with Gasteiger partial charge in [-0.3, -0.25) is 0 Å². The summed E-state index contributed by atoms with van der Waals surface area (Å²) in [7, 11) is 0. The zero-order chi connectivity index (χ0) is 12.3. The van der Waals surface area contributed by atoms with Gasteiger partial charge in [-0.05, 0) is 40.8 Å². The fourth-order valence-electron chi connectivity index (χ4n) is 0.879. The zero-order valence-electron chi connectivity index (χ0n) is 7.39. The van der Waals surface area contributed by atoms with Gasteiger partial charge >= 0.3 is 13.0 Å². The van der Waals surface area contributed by atoms with Gasteiger partial charge < -0.3 is 9.47 Å². The molecular weight excluding hydrogens is 350 g/mol. The van der Waals surface area contributed by atoms with Crippen LogP contribution in [0.3, 0.4) is 0 Å². The van der Waals surface area contributed by atoms with Crippen LogP contribution in [-0.2, 0) is 0 Å². The maximum Gasteiger partial charge on any atom is 0.573 e. The van der Waals surface area contributed by atoms with Crippen molar-refractivity contribution < 1.29 is 31.4 Å². The predicted molar refractivity (Wildman–Crippen MR) is 52.5 cm³/mol. The first-order valence-corrected chi connectivity index (χ1v) is 4.86. The van der Waals surface area contributed by atoms with E-state index in [1.54, 1.807) is 22.6 Å². The number of hydrogen-bond donors (Lipinski definition) is 0. The molecule has 0 saturated carbocycles. The number of rotatable bonds is 3. The Morgan fingerprint density at radius 2 is 1.75 bits per heavy atom. The molecule has 0 heterocycles. The Hall–Kier alpha value is -0.800. The highest BCUT2D eigenvalue weighted by atomic mass is 127. The lowest BCUT2D eigenvalue weighted by atomic mass is 10.3. The van der Waals surface area contributed by atoms with E-state index in [4.69, 9.17) is 0 Å². The molecule has 0 aliphatic heterocycles. The summed E-state index contributed by atoms with van der Waals surface area (Å²) in [5, 5.41) is 0. The summed E-state index contributed by atoms with van der Waals surface area (Å²) in [6.45, 7) is -3.21. The van der Waals surface area contributed by atoms with Gasteiger partial charge in [0.05, 0.1) is 0 Å². The van der Waals surface area contributed by atoms with Crippen molar-refractivity contribution in [2.45, 2.75) is 13.0 Å². The molecule has 0 bridgehead atoms. The SMILES string of the molecule is FC(F)Oc1cc(I)ccc1OC(F)(F)F. The number of halogens is 6. The Labute approximate surface area is 100 Å². The molecule has 0 atom stereocenters. The lowest BCUT2D eigenvalue weighted by molar-refractivity contribution is -0.275. The Balaban J connectivity index is 2.98. The van der Waals surface area contributed by atoms with E-state index < -0.39 is 24.5 Å². The summed E-state index contributed by atoms with van der Waals surface area (Å²) in [4.78, 5) is 0. The van der Waals surface area contributed by atoms with Crippen LogP contribution >= 0.6 is 22.6 Å². The molecule has 8 heteroatoms. The summed E-state index contributed by atoms with van der Waals surface area (Å²) >= 11 is 1.74. The minimum absolute atomic E-state index is 0.447. The Morgan fingerprint density at radius 1 is 1.12 bits per heavy atom. The molecule has 0 aliphatic rings. The molecule has 0 unspecified atom stereocenters. The minimum Gasteiger partial charge on any atom is -0.431 e. The van der Waals surface area contributed by atoms with Crippen LogP contribution < -0.4 is 9.47 Å². The second kappa shape index (κ2) is 5.02. The first kappa shape index (κ1) is 13.3. The Morgan fingerprint density at radius 3 is 2.25 bits per heavy atom. The molecular formula is C8H4F5IO2. The van der Waals surface area contributed by atoms with E-state index in [0.29, 0.717) is 3.57 Å². The van der Waals surface area contributed by atoms with Gasteiger partial charge in [0, 0.05) is 3.57 Å². The van der Waals surface area contributed by atoms with Gasteiger partial charge in [-0.15, -0.1) is 13.2 Å². The van der Waals surface area contributed by atoms with Crippen molar-refractivity contribution in [1.82, 2.24) is 0 Å². The van der Waals surface area contributed by atoms with Crippen LogP contribution in [-0.4, -0.2) is 13.0 Å². The molecule has 0 N–H and O–H groups in total. The van der Waals surface area contributed by atoms with Gasteiger partial charge in [0.15, 0.2) is 11.5 Å². The van der Waals surface area contributed by atoms with Crippen molar-refractivity contribution in [3.05, 3.63) is 21.8 Å². The van der Waals surface area contributed by atoms with Gasteiger partial charge in [-0.25, -0.2) is 0 Å². The molecule has 0 fully saturated rings. The van der Waals surface area contributed by atoms with Gasteiger partial charge in [-0.2, -0.15) is 8.78 Å². The first-order valence-electron chi connectivity index (χ1n) is 3.78. The monoisotopic (exact) mass is 354 g/mol. The molecule has 1 aromatic rings. The predicted octanol–water partition coefficient (Wildman–Crippen LogP) is 3.79. The van der Waals surface area contributed by atoms with Gasteiger partial charge in [0.25, 0.3) is 0 Å². The smallest absolute Gasteiger partial charge is 0.431 e. The van der Waals surface area contributed by atoms with E-state index in [1.165, 1.54) is 6.07 Å². The number of ether oxygens (including phenoxy) is 2. The molecule has 0 aliphatic carbocycles. The molecule has 1 rings (SSSR count). The third kappa shape index (κ3) is 4.37. The van der Waals surface area contributed by atoms with E-state index in [0.717, 1.165) is 12.1 Å². The summed E-state index contributed by atoms with van der Waals surface area (Å²) in [6, 6.07) is 3.21. The fraction of sp³-hybridized carbons (Fsp3) is 0.250. The summed E-state index contributed by atoms with van der Waals surface area (Å²) < 4.78 is 67.4. The highest BCUT2D eigenvalue weighted by molar-refractivity contribution is 14.1. The lowest BCUT2D eigenvalue weighted by Crippen LogP contribution is -2.18. The number of hydrogen-bond acceptors (Lipinski definition) is 2. The van der Waals surface area contributed by atoms with Crippen molar-refractivity contribution in [1.29, 1.82) is 0 Å². The largest absolute Gasteiger partial charge is 0.573 e.